The van der Waals surface area contributed by atoms with Gasteiger partial charge in [0, 0.05) is 17.3 Å². The Morgan fingerprint density at radius 3 is 2.79 bits per heavy atom. The number of hydrogen-bond acceptors (Lipinski definition) is 3. The summed E-state index contributed by atoms with van der Waals surface area (Å²) in [6, 6.07) is 7.63. The number of carbonyl (C=O) groups is 1. The van der Waals surface area contributed by atoms with E-state index in [0.29, 0.717) is 0 Å². The summed E-state index contributed by atoms with van der Waals surface area (Å²) >= 11 is 0. The number of ketones is 1. The Morgan fingerprint density at radius 1 is 1.32 bits per heavy atom. The number of aryl methyl sites for hydroxylation is 2. The van der Waals surface area contributed by atoms with Crippen LogP contribution in [0.3, 0.4) is 0 Å². The average Bonchev–Trinajstić information content (AvgIpc) is 2.41. The van der Waals surface area contributed by atoms with Crippen molar-refractivity contribution in [3.8, 4) is 11.3 Å². The molecule has 1 heterocycles. The molecule has 2 aromatic rings. The van der Waals surface area contributed by atoms with Gasteiger partial charge in [-0.15, -0.1) is 0 Å². The van der Waals surface area contributed by atoms with Crippen LogP contribution >= 0.6 is 0 Å². The van der Waals surface area contributed by atoms with Crippen LogP contribution in [0.2, 0.25) is 0 Å². The van der Waals surface area contributed by atoms with E-state index >= 15 is 0 Å². The molecule has 2 rings (SSSR count). The van der Waals surface area contributed by atoms with Crippen LogP contribution in [0.1, 0.15) is 42.0 Å². The molecule has 0 aliphatic carbocycles. The smallest absolute Gasteiger partial charge is 0.159 e. The molecule has 1 aromatic carbocycles. The molecule has 0 unspecified atom stereocenters. The first kappa shape index (κ1) is 13.4. The number of nitrogens with zero attached hydrogens (tertiary/aromatic N) is 2. The van der Waals surface area contributed by atoms with Crippen molar-refractivity contribution < 1.29 is 4.79 Å². The summed E-state index contributed by atoms with van der Waals surface area (Å²) < 4.78 is 0. The van der Waals surface area contributed by atoms with Crippen LogP contribution in [0.4, 0.5) is 0 Å². The van der Waals surface area contributed by atoms with Gasteiger partial charge in [-0.05, 0) is 31.9 Å². The second kappa shape index (κ2) is 5.74. The van der Waals surface area contributed by atoms with Crippen molar-refractivity contribution in [2.75, 3.05) is 0 Å². The van der Waals surface area contributed by atoms with E-state index in [1.807, 2.05) is 37.4 Å². The third kappa shape index (κ3) is 3.05. The molecule has 0 atom stereocenters. The van der Waals surface area contributed by atoms with Gasteiger partial charge in [-0.1, -0.05) is 31.5 Å². The highest BCUT2D eigenvalue weighted by Gasteiger charge is 2.09. The summed E-state index contributed by atoms with van der Waals surface area (Å²) in [6.07, 6.45) is 3.88. The van der Waals surface area contributed by atoms with Gasteiger partial charge in [0.25, 0.3) is 0 Å². The van der Waals surface area contributed by atoms with Gasteiger partial charge in [-0.2, -0.15) is 0 Å². The lowest BCUT2D eigenvalue weighted by molar-refractivity contribution is 0.101. The van der Waals surface area contributed by atoms with Crippen LogP contribution in [0.15, 0.2) is 30.5 Å². The zero-order valence-electron chi connectivity index (χ0n) is 11.6. The fraction of sp³-hybridized carbons (Fsp3) is 0.312. The van der Waals surface area contributed by atoms with Crippen LogP contribution in [0.5, 0.6) is 0 Å². The largest absolute Gasteiger partial charge is 0.295 e. The molecule has 0 aliphatic rings. The van der Waals surface area contributed by atoms with Crippen molar-refractivity contribution in [1.29, 1.82) is 0 Å². The zero-order chi connectivity index (χ0) is 13.8. The van der Waals surface area contributed by atoms with Crippen LogP contribution < -0.4 is 0 Å². The molecule has 3 nitrogen and oxygen atoms in total. The maximum atomic E-state index is 11.5. The molecular weight excluding hydrogens is 236 g/mol. The van der Waals surface area contributed by atoms with Gasteiger partial charge in [-0.3, -0.25) is 4.79 Å². The van der Waals surface area contributed by atoms with E-state index in [1.165, 1.54) is 0 Å². The Bertz CT molecular complexity index is 605. The SMILES string of the molecule is CCCc1cnc(C)nc1-c1cccc(C(C)=O)c1. The van der Waals surface area contributed by atoms with E-state index in [1.54, 1.807) is 6.92 Å². The van der Waals surface area contributed by atoms with Crippen molar-refractivity contribution in [3.05, 3.63) is 47.4 Å². The predicted octanol–water partition coefficient (Wildman–Crippen LogP) is 3.61. The molecule has 0 fully saturated rings. The number of rotatable bonds is 4. The molecule has 0 saturated carbocycles. The summed E-state index contributed by atoms with van der Waals surface area (Å²) in [5.41, 5.74) is 3.78. The summed E-state index contributed by atoms with van der Waals surface area (Å²) in [5.74, 6) is 0.827. The first-order valence-corrected chi connectivity index (χ1v) is 6.55. The van der Waals surface area contributed by atoms with Crippen LogP contribution in [0, 0.1) is 6.92 Å². The highest BCUT2D eigenvalue weighted by molar-refractivity contribution is 5.95. The average molecular weight is 254 g/mol. The van der Waals surface area contributed by atoms with Gasteiger partial charge in [0.2, 0.25) is 0 Å². The third-order valence-corrected chi connectivity index (χ3v) is 3.05. The van der Waals surface area contributed by atoms with E-state index < -0.39 is 0 Å². The molecule has 0 amide bonds. The molecule has 3 heteroatoms. The number of Topliss-reactive ketones (excluding diaryl/α,β-unsaturated/α-hetero) is 1. The van der Waals surface area contributed by atoms with E-state index in [4.69, 9.17) is 0 Å². The lowest BCUT2D eigenvalue weighted by Crippen LogP contribution is -1.99. The minimum atomic E-state index is 0.0738. The van der Waals surface area contributed by atoms with Crippen LogP contribution in [-0.4, -0.2) is 15.8 Å². The Balaban J connectivity index is 2.53. The number of aromatic nitrogens is 2. The summed E-state index contributed by atoms with van der Waals surface area (Å²) in [6.45, 7) is 5.60. The molecular formula is C16H18N2O. The van der Waals surface area contributed by atoms with Gasteiger partial charge in [0.05, 0.1) is 5.69 Å². The highest BCUT2D eigenvalue weighted by atomic mass is 16.1. The fourth-order valence-electron chi connectivity index (χ4n) is 2.08. The van der Waals surface area contributed by atoms with Gasteiger partial charge >= 0.3 is 0 Å². The maximum Gasteiger partial charge on any atom is 0.159 e. The Kier molecular flexibility index (Phi) is 4.05. The number of hydrogen-bond donors (Lipinski definition) is 0. The summed E-state index contributed by atoms with van der Waals surface area (Å²) in [7, 11) is 0. The van der Waals surface area contributed by atoms with Gasteiger partial charge < -0.3 is 0 Å². The van der Waals surface area contributed by atoms with Gasteiger partial charge in [0.1, 0.15) is 5.82 Å². The van der Waals surface area contributed by atoms with Gasteiger partial charge in [0.15, 0.2) is 5.78 Å². The molecule has 0 radical (unpaired) electrons. The molecule has 0 N–H and O–H groups in total. The van der Waals surface area contributed by atoms with Crippen LogP contribution in [0.25, 0.3) is 11.3 Å². The second-order valence-electron chi connectivity index (χ2n) is 4.68. The monoisotopic (exact) mass is 254 g/mol. The third-order valence-electron chi connectivity index (χ3n) is 3.05. The fourth-order valence-corrected chi connectivity index (χ4v) is 2.08. The van der Waals surface area contributed by atoms with E-state index in [9.17, 15) is 4.79 Å². The summed E-state index contributed by atoms with van der Waals surface area (Å²) in [5, 5.41) is 0. The molecule has 98 valence electrons. The lowest BCUT2D eigenvalue weighted by Gasteiger charge is -2.09. The standard InChI is InChI=1S/C16H18N2O/c1-4-6-15-10-17-12(3)18-16(15)14-8-5-7-13(9-14)11(2)19/h5,7-10H,4,6H2,1-3H3. The van der Waals surface area contributed by atoms with E-state index in [-0.39, 0.29) is 5.78 Å². The zero-order valence-corrected chi connectivity index (χ0v) is 11.6. The first-order valence-electron chi connectivity index (χ1n) is 6.55. The topological polar surface area (TPSA) is 42.9 Å². The molecule has 0 aliphatic heterocycles. The Hall–Kier alpha value is -2.03. The molecule has 0 bridgehead atoms. The van der Waals surface area contributed by atoms with Crippen molar-refractivity contribution in [2.24, 2.45) is 0 Å². The van der Waals surface area contributed by atoms with E-state index in [2.05, 4.69) is 16.9 Å². The number of benzene rings is 1. The molecule has 1 aromatic heterocycles. The van der Waals surface area contributed by atoms with Crippen molar-refractivity contribution in [2.45, 2.75) is 33.6 Å². The van der Waals surface area contributed by atoms with Gasteiger partial charge in [-0.25, -0.2) is 9.97 Å². The van der Waals surface area contributed by atoms with Crippen molar-refractivity contribution in [1.82, 2.24) is 9.97 Å². The highest BCUT2D eigenvalue weighted by Crippen LogP contribution is 2.23. The van der Waals surface area contributed by atoms with Crippen molar-refractivity contribution >= 4 is 5.78 Å². The van der Waals surface area contributed by atoms with Crippen molar-refractivity contribution in [3.63, 3.8) is 0 Å². The second-order valence-corrected chi connectivity index (χ2v) is 4.68. The normalized spacial score (nSPS) is 10.5. The van der Waals surface area contributed by atoms with Crippen LogP contribution in [-0.2, 0) is 6.42 Å². The number of carbonyl (C=O) groups excluding carboxylic acids is 1. The minimum Gasteiger partial charge on any atom is -0.295 e. The minimum absolute atomic E-state index is 0.0738. The predicted molar refractivity (Wildman–Crippen MR) is 76.2 cm³/mol. The van der Waals surface area contributed by atoms with E-state index in [0.717, 1.165) is 41.1 Å². The molecule has 0 spiro atoms. The Morgan fingerprint density at radius 2 is 2.11 bits per heavy atom. The maximum absolute atomic E-state index is 11.5. The molecule has 0 saturated heterocycles. The Labute approximate surface area is 113 Å². The lowest BCUT2D eigenvalue weighted by atomic mass is 10.0. The molecule has 19 heavy (non-hydrogen) atoms. The quantitative estimate of drug-likeness (QED) is 0.783. The summed E-state index contributed by atoms with van der Waals surface area (Å²) in [4.78, 5) is 20.3. The first-order chi connectivity index (χ1) is 9.11.